The number of hydrogen-bond donors (Lipinski definition) is 2. The van der Waals surface area contributed by atoms with Gasteiger partial charge in [-0.25, -0.2) is 4.79 Å². The van der Waals surface area contributed by atoms with E-state index in [1.807, 2.05) is 6.92 Å². The zero-order chi connectivity index (χ0) is 22.8. The van der Waals surface area contributed by atoms with E-state index in [1.165, 1.54) is 6.07 Å². The summed E-state index contributed by atoms with van der Waals surface area (Å²) < 4.78 is 43.0. The van der Waals surface area contributed by atoms with Crippen LogP contribution in [0.3, 0.4) is 0 Å². The molecule has 1 aliphatic heterocycles. The Morgan fingerprint density at radius 3 is 2.71 bits per heavy atom. The average Bonchev–Trinajstić information content (AvgIpc) is 2.93. The lowest BCUT2D eigenvalue weighted by Gasteiger charge is -2.36. The summed E-state index contributed by atoms with van der Waals surface area (Å²) in [6, 6.07) is 3.30. The van der Waals surface area contributed by atoms with E-state index < -0.39 is 54.2 Å². The molecule has 168 valence electrons. The molecule has 2 fully saturated rings. The Morgan fingerprint density at radius 2 is 2.03 bits per heavy atom. The number of anilines is 1. The molecule has 2 N–H and O–H groups in total. The van der Waals surface area contributed by atoms with E-state index in [0.717, 1.165) is 42.4 Å². The zero-order valence-electron chi connectivity index (χ0n) is 16.8. The van der Waals surface area contributed by atoms with E-state index in [4.69, 9.17) is 4.74 Å². The third-order valence-electron chi connectivity index (χ3n) is 5.63. The lowest BCUT2D eigenvalue weighted by molar-refractivity contribution is -0.150. The summed E-state index contributed by atoms with van der Waals surface area (Å²) in [6.45, 7) is 0.438. The Hall–Kier alpha value is -3.11. The van der Waals surface area contributed by atoms with Crippen molar-refractivity contribution in [1.29, 1.82) is 0 Å². The number of ether oxygens (including phenoxy) is 1. The number of benzene rings is 1. The van der Waals surface area contributed by atoms with E-state index >= 15 is 0 Å². The fourth-order valence-electron chi connectivity index (χ4n) is 3.93. The van der Waals surface area contributed by atoms with Gasteiger partial charge in [-0.15, -0.1) is 0 Å². The molecule has 31 heavy (non-hydrogen) atoms. The molecule has 11 heteroatoms. The molecular formula is C20H22F3N3O5. The van der Waals surface area contributed by atoms with Crippen LogP contribution >= 0.6 is 0 Å². The number of esters is 1. The van der Waals surface area contributed by atoms with E-state index in [1.54, 1.807) is 0 Å². The molecule has 1 aliphatic carbocycles. The van der Waals surface area contributed by atoms with Gasteiger partial charge < -0.3 is 15.4 Å². The number of urea groups is 1. The monoisotopic (exact) mass is 441 g/mol. The molecule has 1 aromatic carbocycles. The van der Waals surface area contributed by atoms with Crippen molar-refractivity contribution in [1.82, 2.24) is 10.2 Å². The van der Waals surface area contributed by atoms with Gasteiger partial charge in [0, 0.05) is 5.69 Å². The highest BCUT2D eigenvalue weighted by molar-refractivity contribution is 6.09. The SMILES string of the molecule is CC1CCCCC12NC(=O)N(CC(=O)OCC(=O)Nc1cccc(C(F)(F)F)c1)C2=O. The molecule has 1 heterocycles. The number of imide groups is 1. The van der Waals surface area contributed by atoms with Gasteiger partial charge in [0.25, 0.3) is 11.8 Å². The third kappa shape index (κ3) is 4.80. The maximum absolute atomic E-state index is 12.8. The molecule has 1 saturated heterocycles. The molecule has 0 bridgehead atoms. The Balaban J connectivity index is 1.53. The first-order chi connectivity index (χ1) is 14.5. The second-order valence-corrected chi connectivity index (χ2v) is 7.73. The van der Waals surface area contributed by atoms with Crippen molar-refractivity contribution in [3.05, 3.63) is 29.8 Å². The maximum Gasteiger partial charge on any atom is 0.416 e. The first kappa shape index (κ1) is 22.6. The van der Waals surface area contributed by atoms with Crippen molar-refractivity contribution in [3.63, 3.8) is 0 Å². The second-order valence-electron chi connectivity index (χ2n) is 7.73. The largest absolute Gasteiger partial charge is 0.454 e. The Labute approximate surface area is 176 Å². The minimum absolute atomic E-state index is 0.0723. The first-order valence-corrected chi connectivity index (χ1v) is 9.80. The molecular weight excluding hydrogens is 419 g/mol. The fraction of sp³-hybridized carbons (Fsp3) is 0.500. The van der Waals surface area contributed by atoms with Crippen LogP contribution in [-0.2, 0) is 25.3 Å². The molecule has 3 rings (SSSR count). The predicted octanol–water partition coefficient (Wildman–Crippen LogP) is 2.69. The molecule has 1 spiro atoms. The molecule has 1 saturated carbocycles. The van der Waals surface area contributed by atoms with Crippen molar-refractivity contribution >= 4 is 29.5 Å². The van der Waals surface area contributed by atoms with Gasteiger partial charge in [-0.2, -0.15) is 13.2 Å². The van der Waals surface area contributed by atoms with Crippen LogP contribution in [0, 0.1) is 5.92 Å². The van der Waals surface area contributed by atoms with Crippen molar-refractivity contribution < 1.29 is 37.1 Å². The second kappa shape index (κ2) is 8.56. The van der Waals surface area contributed by atoms with Gasteiger partial charge in [-0.1, -0.05) is 25.8 Å². The number of alkyl halides is 3. The standard InChI is InChI=1S/C20H22F3N3O5/c1-12-5-2-3-8-19(12)17(29)26(18(30)25-19)10-16(28)31-11-15(27)24-14-7-4-6-13(9-14)20(21,22)23/h4,6-7,9,12H,2-3,5,8,10-11H2,1H3,(H,24,27)(H,25,30). The molecule has 4 amide bonds. The summed E-state index contributed by atoms with van der Waals surface area (Å²) in [5.74, 6) is -2.41. The summed E-state index contributed by atoms with van der Waals surface area (Å²) in [6.07, 6.45) is -1.56. The average molecular weight is 441 g/mol. The van der Waals surface area contributed by atoms with Crippen molar-refractivity contribution in [3.8, 4) is 0 Å². The highest BCUT2D eigenvalue weighted by atomic mass is 19.4. The van der Waals surface area contributed by atoms with Gasteiger partial charge in [0.15, 0.2) is 6.61 Å². The minimum atomic E-state index is -4.57. The normalized spacial score (nSPS) is 23.6. The molecule has 2 atom stereocenters. The molecule has 0 aromatic heterocycles. The molecule has 8 nitrogen and oxygen atoms in total. The fourth-order valence-corrected chi connectivity index (χ4v) is 3.93. The smallest absolute Gasteiger partial charge is 0.416 e. The number of halogens is 3. The number of carbonyl (C=O) groups is 4. The lowest BCUT2D eigenvalue weighted by atomic mass is 9.73. The summed E-state index contributed by atoms with van der Waals surface area (Å²) >= 11 is 0. The number of hydrogen-bond acceptors (Lipinski definition) is 5. The minimum Gasteiger partial charge on any atom is -0.454 e. The van der Waals surface area contributed by atoms with Crippen LogP contribution in [0.25, 0.3) is 0 Å². The molecule has 1 aromatic rings. The van der Waals surface area contributed by atoms with Crippen LogP contribution in [0.2, 0.25) is 0 Å². The summed E-state index contributed by atoms with van der Waals surface area (Å²) in [4.78, 5) is 49.8. The third-order valence-corrected chi connectivity index (χ3v) is 5.63. The van der Waals surface area contributed by atoms with Crippen LogP contribution in [-0.4, -0.2) is 47.4 Å². The van der Waals surface area contributed by atoms with Crippen molar-refractivity contribution in [2.45, 2.75) is 44.3 Å². The van der Waals surface area contributed by atoms with E-state index in [0.29, 0.717) is 6.42 Å². The van der Waals surface area contributed by atoms with Crippen LogP contribution < -0.4 is 10.6 Å². The van der Waals surface area contributed by atoms with Gasteiger partial charge in [0.2, 0.25) is 0 Å². The molecule has 0 radical (unpaired) electrons. The number of nitrogens with one attached hydrogen (secondary N) is 2. The zero-order valence-corrected chi connectivity index (χ0v) is 16.8. The number of rotatable bonds is 5. The van der Waals surface area contributed by atoms with Gasteiger partial charge in [0.05, 0.1) is 5.56 Å². The van der Waals surface area contributed by atoms with Crippen LogP contribution in [0.15, 0.2) is 24.3 Å². The molecule has 2 aliphatic rings. The number of nitrogens with zero attached hydrogens (tertiary/aromatic N) is 1. The summed E-state index contributed by atoms with van der Waals surface area (Å²) in [5, 5.41) is 4.90. The topological polar surface area (TPSA) is 105 Å². The van der Waals surface area contributed by atoms with E-state index in [-0.39, 0.29) is 11.6 Å². The van der Waals surface area contributed by atoms with Gasteiger partial charge in [-0.3, -0.25) is 19.3 Å². The van der Waals surface area contributed by atoms with Gasteiger partial charge in [-0.05, 0) is 37.0 Å². The van der Waals surface area contributed by atoms with Crippen LogP contribution in [0.4, 0.5) is 23.7 Å². The first-order valence-electron chi connectivity index (χ1n) is 9.80. The van der Waals surface area contributed by atoms with Gasteiger partial charge in [0.1, 0.15) is 12.1 Å². The summed E-state index contributed by atoms with van der Waals surface area (Å²) in [7, 11) is 0. The van der Waals surface area contributed by atoms with Crippen molar-refractivity contribution in [2.75, 3.05) is 18.5 Å². The lowest BCUT2D eigenvalue weighted by Crippen LogP contribution is -2.54. The van der Waals surface area contributed by atoms with E-state index in [9.17, 15) is 32.3 Å². The van der Waals surface area contributed by atoms with Gasteiger partial charge >= 0.3 is 18.2 Å². The highest BCUT2D eigenvalue weighted by Gasteiger charge is 2.55. The quantitative estimate of drug-likeness (QED) is 0.540. The predicted molar refractivity (Wildman–Crippen MR) is 102 cm³/mol. The van der Waals surface area contributed by atoms with E-state index in [2.05, 4.69) is 10.6 Å². The van der Waals surface area contributed by atoms with Crippen LogP contribution in [0.5, 0.6) is 0 Å². The maximum atomic E-state index is 12.8. The van der Waals surface area contributed by atoms with Crippen molar-refractivity contribution in [2.24, 2.45) is 5.92 Å². The van der Waals surface area contributed by atoms with Crippen LogP contribution in [0.1, 0.15) is 38.2 Å². The Morgan fingerprint density at radius 1 is 1.29 bits per heavy atom. The number of carbonyl (C=O) groups excluding carboxylic acids is 4. The molecule has 2 unspecified atom stereocenters. The summed E-state index contributed by atoms with van der Waals surface area (Å²) in [5.41, 5.74) is -2.07. The Bertz CT molecular complexity index is 904. The highest BCUT2D eigenvalue weighted by Crippen LogP contribution is 2.38. The number of amides is 4. The Kier molecular flexibility index (Phi) is 6.23.